The summed E-state index contributed by atoms with van der Waals surface area (Å²) in [6, 6.07) is 15.7. The SMILES string of the molecule is CC(=O)Nc1ccc(OCC(O)CN(C)Cc2ccc(C(C)C)cc2)cc1. The summed E-state index contributed by atoms with van der Waals surface area (Å²) in [7, 11) is 1.99. The van der Waals surface area contributed by atoms with Gasteiger partial charge in [0.25, 0.3) is 0 Å². The number of carbonyl (C=O) groups excluding carboxylic acids is 1. The lowest BCUT2D eigenvalue weighted by atomic mass is 10.0. The second kappa shape index (κ2) is 10.1. The highest BCUT2D eigenvalue weighted by Crippen LogP contribution is 2.17. The molecule has 0 aliphatic carbocycles. The van der Waals surface area contributed by atoms with Gasteiger partial charge in [0.2, 0.25) is 5.91 Å². The van der Waals surface area contributed by atoms with Gasteiger partial charge in [0.1, 0.15) is 18.5 Å². The zero-order chi connectivity index (χ0) is 19.8. The molecule has 1 atom stereocenters. The van der Waals surface area contributed by atoms with E-state index in [4.69, 9.17) is 4.74 Å². The van der Waals surface area contributed by atoms with Crippen molar-refractivity contribution in [2.24, 2.45) is 0 Å². The number of nitrogens with one attached hydrogen (secondary N) is 1. The van der Waals surface area contributed by atoms with E-state index in [1.165, 1.54) is 18.1 Å². The van der Waals surface area contributed by atoms with Gasteiger partial charge in [-0.05, 0) is 48.4 Å². The molecule has 0 bridgehead atoms. The smallest absolute Gasteiger partial charge is 0.221 e. The first-order valence-corrected chi connectivity index (χ1v) is 9.29. The van der Waals surface area contributed by atoms with E-state index in [1.807, 2.05) is 7.05 Å². The molecular formula is C22H30N2O3. The van der Waals surface area contributed by atoms with Crippen molar-refractivity contribution in [1.29, 1.82) is 0 Å². The van der Waals surface area contributed by atoms with Crippen molar-refractivity contribution < 1.29 is 14.6 Å². The first-order chi connectivity index (χ1) is 12.8. The van der Waals surface area contributed by atoms with Crippen LogP contribution in [0.3, 0.4) is 0 Å². The number of amides is 1. The Balaban J connectivity index is 1.75. The predicted molar refractivity (Wildman–Crippen MR) is 109 cm³/mol. The minimum atomic E-state index is -0.583. The van der Waals surface area contributed by atoms with E-state index in [0.29, 0.717) is 18.2 Å². The number of nitrogens with zero attached hydrogens (tertiary/aromatic N) is 1. The Bertz CT molecular complexity index is 711. The first-order valence-electron chi connectivity index (χ1n) is 9.29. The minimum absolute atomic E-state index is 0.110. The maximum absolute atomic E-state index is 11.0. The fraction of sp³-hybridized carbons (Fsp3) is 0.409. The Kier molecular flexibility index (Phi) is 7.82. The number of benzene rings is 2. The van der Waals surface area contributed by atoms with Gasteiger partial charge in [0.05, 0.1) is 0 Å². The van der Waals surface area contributed by atoms with Gasteiger partial charge < -0.3 is 15.2 Å². The molecule has 5 heteroatoms. The molecule has 0 saturated carbocycles. The van der Waals surface area contributed by atoms with E-state index in [9.17, 15) is 9.90 Å². The predicted octanol–water partition coefficient (Wildman–Crippen LogP) is 3.64. The Morgan fingerprint density at radius 2 is 1.74 bits per heavy atom. The molecule has 1 unspecified atom stereocenters. The number of aliphatic hydroxyl groups excluding tert-OH is 1. The molecule has 0 aliphatic rings. The third kappa shape index (κ3) is 7.41. The number of aliphatic hydroxyl groups is 1. The highest BCUT2D eigenvalue weighted by Gasteiger charge is 2.10. The second-order valence-corrected chi connectivity index (χ2v) is 7.26. The van der Waals surface area contributed by atoms with Gasteiger partial charge >= 0.3 is 0 Å². The van der Waals surface area contributed by atoms with Gasteiger partial charge in [0, 0.05) is 25.7 Å². The van der Waals surface area contributed by atoms with Crippen LogP contribution in [0.1, 0.15) is 37.8 Å². The molecule has 0 heterocycles. The van der Waals surface area contributed by atoms with Gasteiger partial charge in [-0.25, -0.2) is 0 Å². The van der Waals surface area contributed by atoms with Gasteiger partial charge in [0.15, 0.2) is 0 Å². The van der Waals surface area contributed by atoms with Crippen molar-refractivity contribution in [2.45, 2.75) is 39.3 Å². The fourth-order valence-corrected chi connectivity index (χ4v) is 2.83. The average molecular weight is 370 g/mol. The van der Waals surface area contributed by atoms with Crippen LogP contribution >= 0.6 is 0 Å². The van der Waals surface area contributed by atoms with Gasteiger partial charge in [-0.15, -0.1) is 0 Å². The lowest BCUT2D eigenvalue weighted by Gasteiger charge is -2.21. The number of rotatable bonds is 9. The molecule has 146 valence electrons. The van der Waals surface area contributed by atoms with E-state index in [0.717, 1.165) is 12.2 Å². The fourth-order valence-electron chi connectivity index (χ4n) is 2.83. The number of hydrogen-bond acceptors (Lipinski definition) is 4. The van der Waals surface area contributed by atoms with Crippen molar-refractivity contribution in [3.63, 3.8) is 0 Å². The van der Waals surface area contributed by atoms with E-state index in [1.54, 1.807) is 24.3 Å². The highest BCUT2D eigenvalue weighted by molar-refractivity contribution is 5.88. The van der Waals surface area contributed by atoms with E-state index in [2.05, 4.69) is 48.3 Å². The Morgan fingerprint density at radius 1 is 1.11 bits per heavy atom. The summed E-state index contributed by atoms with van der Waals surface area (Å²) in [5, 5.41) is 12.9. The largest absolute Gasteiger partial charge is 0.491 e. The quantitative estimate of drug-likeness (QED) is 0.707. The van der Waals surface area contributed by atoms with Crippen LogP contribution < -0.4 is 10.1 Å². The Labute approximate surface area is 162 Å². The van der Waals surface area contributed by atoms with Crippen LogP contribution in [-0.2, 0) is 11.3 Å². The molecule has 5 nitrogen and oxygen atoms in total. The molecule has 0 saturated heterocycles. The monoisotopic (exact) mass is 370 g/mol. The Morgan fingerprint density at radius 3 is 2.30 bits per heavy atom. The first kappa shape index (κ1) is 20.9. The summed E-state index contributed by atoms with van der Waals surface area (Å²) in [6.07, 6.45) is -0.583. The van der Waals surface area contributed by atoms with E-state index < -0.39 is 6.10 Å². The number of anilines is 1. The zero-order valence-electron chi connectivity index (χ0n) is 16.6. The third-order valence-corrected chi connectivity index (χ3v) is 4.24. The number of likely N-dealkylation sites (N-methyl/N-ethyl adjacent to an activating group) is 1. The zero-order valence-corrected chi connectivity index (χ0v) is 16.6. The third-order valence-electron chi connectivity index (χ3n) is 4.24. The Hall–Kier alpha value is -2.37. The van der Waals surface area contributed by atoms with Crippen molar-refractivity contribution in [3.05, 3.63) is 59.7 Å². The molecule has 2 N–H and O–H groups in total. The topological polar surface area (TPSA) is 61.8 Å². The summed E-state index contributed by atoms with van der Waals surface area (Å²) in [5.74, 6) is 1.08. The molecule has 2 aromatic carbocycles. The summed E-state index contributed by atoms with van der Waals surface area (Å²) in [6.45, 7) is 7.36. The molecule has 1 amide bonds. The molecule has 0 radical (unpaired) electrons. The van der Waals surface area contributed by atoms with Crippen LogP contribution in [0, 0.1) is 0 Å². The lowest BCUT2D eigenvalue weighted by molar-refractivity contribution is -0.114. The van der Waals surface area contributed by atoms with E-state index in [-0.39, 0.29) is 12.5 Å². The minimum Gasteiger partial charge on any atom is -0.491 e. The maximum atomic E-state index is 11.0. The average Bonchev–Trinajstić information content (AvgIpc) is 2.61. The van der Waals surface area contributed by atoms with Crippen LogP contribution in [0.15, 0.2) is 48.5 Å². The lowest BCUT2D eigenvalue weighted by Crippen LogP contribution is -2.32. The molecule has 0 spiro atoms. The van der Waals surface area contributed by atoms with Crippen molar-refractivity contribution in [1.82, 2.24) is 4.90 Å². The summed E-state index contributed by atoms with van der Waals surface area (Å²) >= 11 is 0. The van der Waals surface area contributed by atoms with Crippen LogP contribution in [0.5, 0.6) is 5.75 Å². The van der Waals surface area contributed by atoms with Gasteiger partial charge in [-0.1, -0.05) is 38.1 Å². The van der Waals surface area contributed by atoms with Crippen molar-refractivity contribution in [3.8, 4) is 5.75 Å². The van der Waals surface area contributed by atoms with Gasteiger partial charge in [-0.2, -0.15) is 0 Å². The molecule has 2 aromatic rings. The summed E-state index contributed by atoms with van der Waals surface area (Å²) in [4.78, 5) is 13.1. The highest BCUT2D eigenvalue weighted by atomic mass is 16.5. The maximum Gasteiger partial charge on any atom is 0.221 e. The van der Waals surface area contributed by atoms with Crippen LogP contribution in [0.4, 0.5) is 5.69 Å². The number of ether oxygens (including phenoxy) is 1. The summed E-state index contributed by atoms with van der Waals surface area (Å²) in [5.41, 5.74) is 3.28. The van der Waals surface area contributed by atoms with E-state index >= 15 is 0 Å². The number of carbonyl (C=O) groups is 1. The second-order valence-electron chi connectivity index (χ2n) is 7.26. The van der Waals surface area contributed by atoms with Gasteiger partial charge in [-0.3, -0.25) is 9.69 Å². The normalized spacial score (nSPS) is 12.3. The molecular weight excluding hydrogens is 340 g/mol. The van der Waals surface area contributed by atoms with Crippen molar-refractivity contribution in [2.75, 3.05) is 25.5 Å². The summed E-state index contributed by atoms with van der Waals surface area (Å²) < 4.78 is 5.63. The van der Waals surface area contributed by atoms with Crippen LogP contribution in [-0.4, -0.2) is 42.2 Å². The number of hydrogen-bond donors (Lipinski definition) is 2. The van der Waals surface area contributed by atoms with Crippen LogP contribution in [0.25, 0.3) is 0 Å². The molecule has 2 rings (SSSR count). The standard InChI is InChI=1S/C22H30N2O3/c1-16(2)19-7-5-18(6-8-19)13-24(4)14-21(26)15-27-22-11-9-20(10-12-22)23-17(3)25/h5-12,16,21,26H,13-15H2,1-4H3,(H,23,25). The van der Waals surface area contributed by atoms with Crippen molar-refractivity contribution >= 4 is 11.6 Å². The molecule has 27 heavy (non-hydrogen) atoms. The molecule has 0 fully saturated rings. The molecule has 0 aliphatic heterocycles. The van der Waals surface area contributed by atoms with Crippen LogP contribution in [0.2, 0.25) is 0 Å². The molecule has 0 aromatic heterocycles.